The molecule has 0 radical (unpaired) electrons. The Kier molecular flexibility index (Phi) is 3.86. The summed E-state index contributed by atoms with van der Waals surface area (Å²) < 4.78 is 5.86. The van der Waals surface area contributed by atoms with Crippen molar-refractivity contribution in [1.82, 2.24) is 4.90 Å². The molecule has 5 nitrogen and oxygen atoms in total. The summed E-state index contributed by atoms with van der Waals surface area (Å²) in [6, 6.07) is 3.51. The van der Waals surface area contributed by atoms with Gasteiger partial charge in [-0.2, -0.15) is 0 Å². The van der Waals surface area contributed by atoms with Gasteiger partial charge in [-0.3, -0.25) is 9.59 Å². The molecule has 2 rings (SSSR count). The van der Waals surface area contributed by atoms with Crippen LogP contribution in [0.3, 0.4) is 0 Å². The third-order valence-corrected chi connectivity index (χ3v) is 3.31. The molecule has 1 saturated heterocycles. The molecule has 2 N–H and O–H groups in total. The highest BCUT2D eigenvalue weighted by Crippen LogP contribution is 2.17. The summed E-state index contributed by atoms with van der Waals surface area (Å²) in [5, 5.41) is 0. The predicted octanol–water partition coefficient (Wildman–Crippen LogP) is 1.39. The Hall–Kier alpha value is -1.56. The number of carbonyl (C=O) groups excluding carboxylic acids is 2. The highest BCUT2D eigenvalue weighted by molar-refractivity contribution is 9.10. The van der Waals surface area contributed by atoms with Gasteiger partial charge in [-0.1, -0.05) is 0 Å². The number of halogens is 1. The fraction of sp³-hybridized carbons (Fsp3) is 0.333. The number of nitrogens with zero attached hydrogens (tertiary/aromatic N) is 1. The minimum Gasteiger partial charge on any atom is -0.450 e. The van der Waals surface area contributed by atoms with Crippen LogP contribution in [0, 0.1) is 5.92 Å². The van der Waals surface area contributed by atoms with Crippen LogP contribution in [-0.2, 0) is 9.59 Å². The molecule has 0 spiro atoms. The van der Waals surface area contributed by atoms with Gasteiger partial charge >= 0.3 is 0 Å². The molecule has 0 aliphatic carbocycles. The van der Waals surface area contributed by atoms with E-state index in [-0.39, 0.29) is 17.7 Å². The highest BCUT2D eigenvalue weighted by atomic mass is 79.9. The highest BCUT2D eigenvalue weighted by Gasteiger charge is 2.28. The maximum absolute atomic E-state index is 11.8. The molecule has 1 aliphatic heterocycles. The Labute approximate surface area is 113 Å². The van der Waals surface area contributed by atoms with Crippen LogP contribution >= 0.6 is 15.9 Å². The Bertz CT molecular complexity index is 495. The third-order valence-electron chi connectivity index (χ3n) is 2.89. The molecule has 1 fully saturated rings. The molecule has 1 unspecified atom stereocenters. The summed E-state index contributed by atoms with van der Waals surface area (Å²) in [5.74, 6) is -0.100. The largest absolute Gasteiger partial charge is 0.450 e. The molecule has 0 bridgehead atoms. The van der Waals surface area contributed by atoms with Gasteiger partial charge in [-0.25, -0.2) is 0 Å². The summed E-state index contributed by atoms with van der Waals surface area (Å²) in [6.45, 7) is 0.971. The topological polar surface area (TPSA) is 76.5 Å². The van der Waals surface area contributed by atoms with Gasteiger partial charge < -0.3 is 15.1 Å². The minimum atomic E-state index is -0.343. The molecule has 1 atom stereocenters. The smallest absolute Gasteiger partial charge is 0.246 e. The van der Waals surface area contributed by atoms with E-state index in [1.807, 2.05) is 0 Å². The Morgan fingerprint density at radius 2 is 2.28 bits per heavy atom. The van der Waals surface area contributed by atoms with E-state index in [0.717, 1.165) is 0 Å². The fourth-order valence-corrected chi connectivity index (χ4v) is 2.19. The number of primary amides is 1. The van der Waals surface area contributed by atoms with E-state index in [4.69, 9.17) is 10.2 Å². The summed E-state index contributed by atoms with van der Waals surface area (Å²) in [7, 11) is 0. The van der Waals surface area contributed by atoms with Crippen molar-refractivity contribution in [3.05, 3.63) is 28.6 Å². The minimum absolute atomic E-state index is 0.133. The van der Waals surface area contributed by atoms with Gasteiger partial charge in [0, 0.05) is 19.2 Å². The lowest BCUT2D eigenvalue weighted by atomic mass is 10.1. The van der Waals surface area contributed by atoms with Crippen molar-refractivity contribution in [3.8, 4) is 0 Å². The van der Waals surface area contributed by atoms with E-state index < -0.39 is 0 Å². The van der Waals surface area contributed by atoms with Crippen LogP contribution in [0.2, 0.25) is 0 Å². The number of likely N-dealkylation sites (tertiary alicyclic amines) is 1. The molecule has 1 aromatic rings. The van der Waals surface area contributed by atoms with E-state index in [1.54, 1.807) is 23.1 Å². The molecule has 6 heteroatoms. The van der Waals surface area contributed by atoms with Crippen molar-refractivity contribution in [2.75, 3.05) is 13.1 Å². The molecular weight excluding hydrogens is 300 g/mol. The van der Waals surface area contributed by atoms with Gasteiger partial charge in [-0.05, 0) is 40.6 Å². The maximum atomic E-state index is 11.8. The lowest BCUT2D eigenvalue weighted by Crippen LogP contribution is -2.30. The molecule has 1 aliphatic rings. The Balaban J connectivity index is 1.93. The van der Waals surface area contributed by atoms with Crippen LogP contribution in [0.25, 0.3) is 6.08 Å². The number of amides is 2. The maximum Gasteiger partial charge on any atom is 0.246 e. The lowest BCUT2D eigenvalue weighted by molar-refractivity contribution is -0.125. The monoisotopic (exact) mass is 312 g/mol. The third kappa shape index (κ3) is 3.01. The van der Waals surface area contributed by atoms with Crippen molar-refractivity contribution >= 4 is 33.8 Å². The Morgan fingerprint density at radius 1 is 1.50 bits per heavy atom. The van der Waals surface area contributed by atoms with Crippen LogP contribution in [-0.4, -0.2) is 29.8 Å². The average molecular weight is 313 g/mol. The van der Waals surface area contributed by atoms with Crippen molar-refractivity contribution < 1.29 is 14.0 Å². The van der Waals surface area contributed by atoms with Gasteiger partial charge in [0.1, 0.15) is 5.76 Å². The molecule has 1 aromatic heterocycles. The first-order valence-corrected chi connectivity index (χ1v) is 6.37. The van der Waals surface area contributed by atoms with Crippen molar-refractivity contribution in [3.63, 3.8) is 0 Å². The van der Waals surface area contributed by atoms with E-state index in [1.165, 1.54) is 6.08 Å². The van der Waals surface area contributed by atoms with E-state index in [2.05, 4.69) is 15.9 Å². The molecule has 96 valence electrons. The number of carbonyl (C=O) groups is 2. The second-order valence-corrected chi connectivity index (χ2v) is 4.93. The summed E-state index contributed by atoms with van der Waals surface area (Å²) >= 11 is 3.18. The second-order valence-electron chi connectivity index (χ2n) is 4.15. The molecule has 0 saturated carbocycles. The fourth-order valence-electron chi connectivity index (χ4n) is 1.87. The first-order valence-electron chi connectivity index (χ1n) is 5.58. The van der Waals surface area contributed by atoms with Crippen LogP contribution in [0.5, 0.6) is 0 Å². The number of hydrogen-bond acceptors (Lipinski definition) is 3. The van der Waals surface area contributed by atoms with Gasteiger partial charge in [0.2, 0.25) is 11.8 Å². The zero-order valence-corrected chi connectivity index (χ0v) is 11.2. The van der Waals surface area contributed by atoms with E-state index in [0.29, 0.717) is 29.9 Å². The SMILES string of the molecule is NC(=O)C1CCN(C(=O)/C=C/c2ccc(Br)o2)C1. The van der Waals surface area contributed by atoms with E-state index in [9.17, 15) is 9.59 Å². The number of rotatable bonds is 3. The quantitative estimate of drug-likeness (QED) is 0.857. The van der Waals surface area contributed by atoms with Gasteiger partial charge in [0.15, 0.2) is 4.67 Å². The zero-order chi connectivity index (χ0) is 13.1. The molecule has 2 heterocycles. The standard InChI is InChI=1S/C12H13BrN2O3/c13-10-3-1-9(18-10)2-4-11(16)15-6-5-8(7-15)12(14)17/h1-4,8H,5-7H2,(H2,14,17)/b4-2+. The van der Waals surface area contributed by atoms with Crippen LogP contribution < -0.4 is 5.73 Å². The number of furan rings is 1. The average Bonchev–Trinajstić information content (AvgIpc) is 2.94. The number of hydrogen-bond donors (Lipinski definition) is 1. The first-order chi connectivity index (χ1) is 8.56. The van der Waals surface area contributed by atoms with Gasteiger partial charge in [-0.15, -0.1) is 0 Å². The van der Waals surface area contributed by atoms with E-state index >= 15 is 0 Å². The number of nitrogens with two attached hydrogens (primary N) is 1. The summed E-state index contributed by atoms with van der Waals surface area (Å²) in [4.78, 5) is 24.4. The summed E-state index contributed by atoms with van der Waals surface area (Å²) in [6.07, 6.45) is 3.68. The van der Waals surface area contributed by atoms with Crippen LogP contribution in [0.4, 0.5) is 0 Å². The van der Waals surface area contributed by atoms with Gasteiger partial charge in [0.25, 0.3) is 0 Å². The Morgan fingerprint density at radius 3 is 2.83 bits per heavy atom. The second kappa shape index (κ2) is 5.39. The summed E-state index contributed by atoms with van der Waals surface area (Å²) in [5.41, 5.74) is 5.21. The van der Waals surface area contributed by atoms with Gasteiger partial charge in [0.05, 0.1) is 5.92 Å². The predicted molar refractivity (Wildman–Crippen MR) is 69.3 cm³/mol. The first kappa shape index (κ1) is 12.9. The van der Waals surface area contributed by atoms with Crippen molar-refractivity contribution in [2.24, 2.45) is 11.7 Å². The zero-order valence-electron chi connectivity index (χ0n) is 9.64. The normalized spacial score (nSPS) is 19.6. The van der Waals surface area contributed by atoms with Crippen molar-refractivity contribution in [2.45, 2.75) is 6.42 Å². The molecule has 18 heavy (non-hydrogen) atoms. The van der Waals surface area contributed by atoms with Crippen molar-refractivity contribution in [1.29, 1.82) is 0 Å². The van der Waals surface area contributed by atoms with Crippen LogP contribution in [0.1, 0.15) is 12.2 Å². The molecule has 0 aromatic carbocycles. The molecule has 2 amide bonds. The lowest BCUT2D eigenvalue weighted by Gasteiger charge is -2.12. The van der Waals surface area contributed by atoms with Crippen LogP contribution in [0.15, 0.2) is 27.3 Å². The molecular formula is C12H13BrN2O3.